The molecule has 1 N–H and O–H groups in total. The van der Waals surface area contributed by atoms with Gasteiger partial charge in [-0.25, -0.2) is 0 Å². The fraction of sp³-hybridized carbons (Fsp3) is 0.265. The molecule has 1 heterocycles. The molecule has 40 heavy (non-hydrogen) atoms. The van der Waals surface area contributed by atoms with E-state index in [9.17, 15) is 4.79 Å². The molecule has 1 aliphatic carbocycles. The molecule has 3 atom stereocenters. The van der Waals surface area contributed by atoms with Crippen molar-refractivity contribution in [1.82, 2.24) is 4.90 Å². The minimum Gasteiger partial charge on any atom is -0.488 e. The van der Waals surface area contributed by atoms with Crippen LogP contribution in [0.3, 0.4) is 0 Å². The Labute approximate surface area is 248 Å². The Balaban J connectivity index is 1.37. The molecule has 6 rings (SSSR count). The Morgan fingerprint density at radius 1 is 0.950 bits per heavy atom. The Morgan fingerprint density at radius 2 is 1.70 bits per heavy atom. The summed E-state index contributed by atoms with van der Waals surface area (Å²) >= 11 is 5.12. The molecule has 6 heteroatoms. The van der Waals surface area contributed by atoms with Crippen molar-refractivity contribution in [2.24, 2.45) is 5.92 Å². The number of benzene rings is 4. The Bertz CT molecular complexity index is 1520. The van der Waals surface area contributed by atoms with Crippen molar-refractivity contribution in [3.63, 3.8) is 0 Å². The largest absolute Gasteiger partial charge is 0.488 e. The van der Waals surface area contributed by atoms with Crippen LogP contribution in [0.5, 0.6) is 5.75 Å². The molecule has 204 valence electrons. The Morgan fingerprint density at radius 3 is 2.50 bits per heavy atom. The van der Waals surface area contributed by atoms with E-state index >= 15 is 0 Å². The molecule has 1 saturated carbocycles. The summed E-state index contributed by atoms with van der Waals surface area (Å²) in [7, 11) is 0. The van der Waals surface area contributed by atoms with E-state index in [0.29, 0.717) is 12.5 Å². The van der Waals surface area contributed by atoms with Crippen LogP contribution in [-0.4, -0.2) is 22.3 Å². The van der Waals surface area contributed by atoms with Crippen LogP contribution in [0, 0.1) is 5.92 Å². The zero-order chi connectivity index (χ0) is 27.5. The smallest absolute Gasteiger partial charge is 0.262 e. The number of ether oxygens (including phenoxy) is 1. The van der Waals surface area contributed by atoms with Gasteiger partial charge < -0.3 is 15.0 Å². The van der Waals surface area contributed by atoms with Crippen LogP contribution in [0.1, 0.15) is 43.7 Å². The lowest BCUT2D eigenvalue weighted by Crippen LogP contribution is -2.48. The minimum atomic E-state index is -0.159. The van der Waals surface area contributed by atoms with Gasteiger partial charge in [0.05, 0.1) is 4.91 Å². The van der Waals surface area contributed by atoms with Crippen molar-refractivity contribution in [3.05, 3.63) is 112 Å². The number of para-hydroxylation sites is 1. The second kappa shape index (κ2) is 12.1. The zero-order valence-corrected chi connectivity index (χ0v) is 25.0. The van der Waals surface area contributed by atoms with E-state index in [-0.39, 0.29) is 17.4 Å². The molecule has 1 unspecified atom stereocenters. The number of carbonyl (C=O) groups excluding carboxylic acids is 1. The fourth-order valence-electron chi connectivity index (χ4n) is 5.79. The normalized spacial score (nSPS) is 22.1. The lowest BCUT2D eigenvalue weighted by molar-refractivity contribution is -0.129. The number of fused-ring (bicyclic) bond motifs is 1. The molecule has 4 nitrogen and oxygen atoms in total. The van der Waals surface area contributed by atoms with E-state index in [2.05, 4.69) is 81.6 Å². The topological polar surface area (TPSA) is 41.6 Å². The molecule has 1 saturated heterocycles. The maximum Gasteiger partial charge on any atom is 0.262 e. The average Bonchev–Trinajstić information content (AvgIpc) is 3.28. The number of nitrogens with zero attached hydrogens (tertiary/aromatic N) is 1. The van der Waals surface area contributed by atoms with Gasteiger partial charge >= 0.3 is 0 Å². The predicted octanol–water partition coefficient (Wildman–Crippen LogP) is 9.07. The highest BCUT2D eigenvalue weighted by Crippen LogP contribution is 2.43. The maximum atomic E-state index is 14.2. The molecular formula is C34H33BrN2O2S. The molecule has 4 aromatic carbocycles. The lowest BCUT2D eigenvalue weighted by atomic mass is 9.85. The summed E-state index contributed by atoms with van der Waals surface area (Å²) in [5, 5.41) is 5.85. The summed E-state index contributed by atoms with van der Waals surface area (Å²) in [6.45, 7) is 2.74. The fourth-order valence-corrected chi connectivity index (χ4v) is 7.25. The first-order valence-electron chi connectivity index (χ1n) is 14.0. The van der Waals surface area contributed by atoms with Crippen molar-refractivity contribution < 1.29 is 9.53 Å². The zero-order valence-electron chi connectivity index (χ0n) is 22.6. The number of anilines is 1. The third kappa shape index (κ3) is 5.79. The molecule has 1 aliphatic heterocycles. The molecule has 0 radical (unpaired) electrons. The van der Waals surface area contributed by atoms with Crippen molar-refractivity contribution in [1.29, 1.82) is 0 Å². The number of nitrogens with one attached hydrogen (secondary N) is 1. The number of carbonyl (C=O) groups is 1. The summed E-state index contributed by atoms with van der Waals surface area (Å²) < 4.78 is 7.43. The number of hydrogen-bond acceptors (Lipinski definition) is 4. The molecule has 2 fully saturated rings. The first kappa shape index (κ1) is 27.0. The van der Waals surface area contributed by atoms with Crippen molar-refractivity contribution >= 4 is 56.1 Å². The monoisotopic (exact) mass is 612 g/mol. The minimum absolute atomic E-state index is 0.101. The highest BCUT2D eigenvalue weighted by Gasteiger charge is 2.43. The molecule has 0 spiro atoms. The van der Waals surface area contributed by atoms with Gasteiger partial charge in [-0.1, -0.05) is 108 Å². The molecule has 4 aromatic rings. The standard InChI is InChI=1S/C34H33BrN2O2S/c1-23-9-5-8-14-30(23)37-33(38)32(40-34(37)36-27-11-3-2-4-12-27)21-29-28-13-7-6-10-25(28)17-20-31(29)39-22-24-15-18-26(35)19-16-24/h2-4,6-7,10-13,15-21,23,30,34,36H,5,8-9,14,22H2,1H3/b32-21-/t23-,30-,34?/m0/s1. The second-order valence-corrected chi connectivity index (χ2v) is 12.7. The molecular weight excluding hydrogens is 580 g/mol. The van der Waals surface area contributed by atoms with Crippen LogP contribution >= 0.6 is 27.7 Å². The van der Waals surface area contributed by atoms with E-state index in [1.54, 1.807) is 11.8 Å². The average molecular weight is 614 g/mol. The van der Waals surface area contributed by atoms with Crippen molar-refractivity contribution in [2.45, 2.75) is 50.8 Å². The van der Waals surface area contributed by atoms with E-state index < -0.39 is 0 Å². The van der Waals surface area contributed by atoms with Gasteiger partial charge in [-0.15, -0.1) is 0 Å². The van der Waals surface area contributed by atoms with Gasteiger partial charge in [0, 0.05) is 21.8 Å². The highest BCUT2D eigenvalue weighted by atomic mass is 79.9. The molecule has 1 amide bonds. The van der Waals surface area contributed by atoms with Gasteiger partial charge in [0.15, 0.2) is 5.50 Å². The summed E-state index contributed by atoms with van der Waals surface area (Å²) in [5.41, 5.74) is 2.90. The third-order valence-electron chi connectivity index (χ3n) is 7.94. The predicted molar refractivity (Wildman–Crippen MR) is 170 cm³/mol. The van der Waals surface area contributed by atoms with Gasteiger partial charge in [0.25, 0.3) is 5.91 Å². The second-order valence-electron chi connectivity index (χ2n) is 10.6. The Hall–Kier alpha value is -3.22. The van der Waals surface area contributed by atoms with Crippen LogP contribution in [-0.2, 0) is 11.4 Å². The summed E-state index contributed by atoms with van der Waals surface area (Å²) in [6, 6.07) is 31.0. The summed E-state index contributed by atoms with van der Waals surface area (Å²) in [5.74, 6) is 1.35. The van der Waals surface area contributed by atoms with E-state index in [4.69, 9.17) is 4.74 Å². The van der Waals surface area contributed by atoms with Gasteiger partial charge in [0.1, 0.15) is 12.4 Å². The van der Waals surface area contributed by atoms with Crippen LogP contribution in [0.2, 0.25) is 0 Å². The van der Waals surface area contributed by atoms with Crippen LogP contribution in [0.4, 0.5) is 5.69 Å². The van der Waals surface area contributed by atoms with Crippen LogP contribution in [0.25, 0.3) is 16.8 Å². The lowest BCUT2D eigenvalue weighted by Gasteiger charge is -2.39. The van der Waals surface area contributed by atoms with Crippen LogP contribution < -0.4 is 10.1 Å². The van der Waals surface area contributed by atoms with Crippen molar-refractivity contribution in [2.75, 3.05) is 5.32 Å². The van der Waals surface area contributed by atoms with Crippen molar-refractivity contribution in [3.8, 4) is 5.75 Å². The van der Waals surface area contributed by atoms with Crippen LogP contribution in [0.15, 0.2) is 100 Å². The maximum absolute atomic E-state index is 14.2. The molecule has 2 aliphatic rings. The number of hydrogen-bond donors (Lipinski definition) is 1. The number of amides is 1. The highest BCUT2D eigenvalue weighted by molar-refractivity contribution is 9.10. The van der Waals surface area contributed by atoms with Gasteiger partial charge in [-0.2, -0.15) is 0 Å². The molecule has 0 bridgehead atoms. The third-order valence-corrected chi connectivity index (χ3v) is 9.58. The SMILES string of the molecule is C[C@H]1CCCC[C@@H]1N1C(=O)/C(=C/c2c(OCc3ccc(Br)cc3)ccc3ccccc23)SC1Nc1ccccc1. The number of rotatable bonds is 7. The first-order chi connectivity index (χ1) is 19.6. The van der Waals surface area contributed by atoms with Gasteiger partial charge in [-0.3, -0.25) is 4.79 Å². The quantitative estimate of drug-likeness (QED) is 0.211. The number of halogens is 1. The summed E-state index contributed by atoms with van der Waals surface area (Å²) in [4.78, 5) is 17.0. The van der Waals surface area contributed by atoms with Gasteiger partial charge in [0.2, 0.25) is 0 Å². The van der Waals surface area contributed by atoms with E-state index in [1.165, 1.54) is 6.42 Å². The number of thioether (sulfide) groups is 1. The molecule has 0 aromatic heterocycles. The first-order valence-corrected chi connectivity index (χ1v) is 15.7. The Kier molecular flexibility index (Phi) is 8.17. The van der Waals surface area contributed by atoms with E-state index in [0.717, 1.165) is 62.0 Å². The van der Waals surface area contributed by atoms with Gasteiger partial charge in [-0.05, 0) is 71.5 Å². The summed E-state index contributed by atoms with van der Waals surface area (Å²) in [6.07, 6.45) is 6.66. The van der Waals surface area contributed by atoms with E-state index in [1.807, 2.05) is 48.5 Å².